The fraction of sp³-hybridized carbons (Fsp3) is 0.185. The van der Waals surface area contributed by atoms with Gasteiger partial charge in [-0.05, 0) is 31.2 Å². The molecule has 8 heteroatoms. The van der Waals surface area contributed by atoms with Crippen LogP contribution in [0.3, 0.4) is 0 Å². The van der Waals surface area contributed by atoms with Crippen LogP contribution in [-0.2, 0) is 14.3 Å². The van der Waals surface area contributed by atoms with Crippen molar-refractivity contribution in [1.82, 2.24) is 0 Å². The highest BCUT2D eigenvalue weighted by molar-refractivity contribution is 6.37. The number of imide groups is 1. The third-order valence-corrected chi connectivity index (χ3v) is 7.64. The second-order valence-corrected chi connectivity index (χ2v) is 9.84. The lowest BCUT2D eigenvalue weighted by Gasteiger charge is -2.27. The van der Waals surface area contributed by atoms with Crippen LogP contribution < -0.4 is 4.90 Å². The Morgan fingerprint density at radius 2 is 1.46 bits per heavy atom. The van der Waals surface area contributed by atoms with E-state index in [-0.39, 0.29) is 16.1 Å². The molecule has 0 N–H and O–H groups in total. The molecule has 0 radical (unpaired) electrons. The molecule has 1 spiro atoms. The first-order chi connectivity index (χ1) is 16.8. The zero-order valence-corrected chi connectivity index (χ0v) is 19.8. The molecule has 3 atom stereocenters. The van der Waals surface area contributed by atoms with E-state index >= 15 is 0 Å². The highest BCUT2D eigenvalue weighted by Crippen LogP contribution is 2.58. The van der Waals surface area contributed by atoms with Crippen LogP contribution in [0, 0.1) is 18.8 Å². The molecule has 0 bridgehead atoms. The number of rotatable bonds is 2. The number of nitrogens with zero attached hydrogens (tertiary/aromatic N) is 1. The molecule has 0 unspecified atom stereocenters. The largest absolute Gasteiger partial charge is 0.349 e. The van der Waals surface area contributed by atoms with Crippen molar-refractivity contribution in [2.24, 2.45) is 11.8 Å². The highest BCUT2D eigenvalue weighted by atomic mass is 35.5. The summed E-state index contributed by atoms with van der Waals surface area (Å²) in [5, 5.41) is 0.585. The summed E-state index contributed by atoms with van der Waals surface area (Å²) in [6, 6.07) is 17.9. The van der Waals surface area contributed by atoms with Gasteiger partial charge in [0.05, 0.1) is 23.6 Å². The summed E-state index contributed by atoms with van der Waals surface area (Å²) in [7, 11) is 0. The summed E-state index contributed by atoms with van der Waals surface area (Å²) in [5.41, 5.74) is -0.0942. The number of carbonyl (C=O) groups is 4. The van der Waals surface area contributed by atoms with Gasteiger partial charge >= 0.3 is 0 Å². The van der Waals surface area contributed by atoms with Gasteiger partial charge < -0.3 is 4.74 Å². The van der Waals surface area contributed by atoms with Gasteiger partial charge in [-0.25, -0.2) is 4.90 Å². The predicted octanol–water partition coefficient (Wildman–Crippen LogP) is 5.00. The van der Waals surface area contributed by atoms with E-state index in [4.69, 9.17) is 27.9 Å². The van der Waals surface area contributed by atoms with E-state index in [1.165, 1.54) is 18.2 Å². The number of hydrogen-bond acceptors (Lipinski definition) is 5. The SMILES string of the molecule is Cc1ccc(N2C(=O)[C@@H]3[C@@H](c4ccc(Cl)cc4Cl)OC4(C(=O)c5ccccc5C4=O)[C@@H]3C2=O)cc1. The smallest absolute Gasteiger partial charge is 0.241 e. The molecule has 6 rings (SSSR count). The molecule has 174 valence electrons. The van der Waals surface area contributed by atoms with Gasteiger partial charge in [0.1, 0.15) is 0 Å². The van der Waals surface area contributed by atoms with Crippen LogP contribution in [0.1, 0.15) is 37.9 Å². The minimum absolute atomic E-state index is 0.174. The normalized spacial score (nSPS) is 24.4. The number of benzene rings is 3. The Morgan fingerprint density at radius 3 is 2.06 bits per heavy atom. The Morgan fingerprint density at radius 1 is 0.829 bits per heavy atom. The van der Waals surface area contributed by atoms with Gasteiger partial charge in [0.25, 0.3) is 0 Å². The molecular weight excluding hydrogens is 489 g/mol. The molecule has 3 aliphatic rings. The van der Waals surface area contributed by atoms with Gasteiger partial charge in [0.2, 0.25) is 29.0 Å². The molecule has 2 heterocycles. The lowest BCUT2D eigenvalue weighted by atomic mass is 9.77. The number of aryl methyl sites for hydroxylation is 1. The van der Waals surface area contributed by atoms with E-state index in [1.807, 2.05) is 6.92 Å². The van der Waals surface area contributed by atoms with Gasteiger partial charge in [0.15, 0.2) is 0 Å². The van der Waals surface area contributed by atoms with Crippen molar-refractivity contribution < 1.29 is 23.9 Å². The average molecular weight is 506 g/mol. The molecule has 2 saturated heterocycles. The van der Waals surface area contributed by atoms with Crippen LogP contribution >= 0.6 is 23.2 Å². The Kier molecular flexibility index (Phi) is 4.81. The van der Waals surface area contributed by atoms with Crippen molar-refractivity contribution in [3.8, 4) is 0 Å². The summed E-state index contributed by atoms with van der Waals surface area (Å²) in [6.45, 7) is 1.89. The van der Waals surface area contributed by atoms with Crippen LogP contribution in [-0.4, -0.2) is 29.0 Å². The second kappa shape index (κ2) is 7.59. The number of Topliss-reactive ketones (excluding diaryl/α,β-unsaturated/α-hetero) is 2. The van der Waals surface area contributed by atoms with Crippen LogP contribution in [0.15, 0.2) is 66.7 Å². The van der Waals surface area contributed by atoms with Gasteiger partial charge in [-0.15, -0.1) is 0 Å². The summed E-state index contributed by atoms with van der Waals surface area (Å²) in [6.07, 6.45) is -1.10. The van der Waals surface area contributed by atoms with E-state index in [0.29, 0.717) is 16.3 Å². The topological polar surface area (TPSA) is 80.8 Å². The monoisotopic (exact) mass is 505 g/mol. The minimum atomic E-state index is -2.14. The van der Waals surface area contributed by atoms with Crippen LogP contribution in [0.4, 0.5) is 5.69 Å². The summed E-state index contributed by atoms with van der Waals surface area (Å²) < 4.78 is 6.24. The summed E-state index contributed by atoms with van der Waals surface area (Å²) in [5.74, 6) is -4.88. The molecule has 2 amide bonds. The number of halogens is 2. The van der Waals surface area contributed by atoms with E-state index in [2.05, 4.69) is 0 Å². The van der Waals surface area contributed by atoms with Gasteiger partial charge in [0, 0.05) is 26.7 Å². The fourth-order valence-electron chi connectivity index (χ4n) is 5.48. The van der Waals surface area contributed by atoms with E-state index in [1.54, 1.807) is 48.5 Å². The Bertz CT molecular complexity index is 1430. The van der Waals surface area contributed by atoms with Crippen molar-refractivity contribution >= 4 is 52.3 Å². The third-order valence-electron chi connectivity index (χ3n) is 7.08. The maximum absolute atomic E-state index is 13.9. The number of ether oxygens (including phenoxy) is 1. The Labute approximate surface area is 210 Å². The number of anilines is 1. The third kappa shape index (κ3) is 2.88. The fourth-order valence-corrected chi connectivity index (χ4v) is 6.00. The van der Waals surface area contributed by atoms with Crippen LogP contribution in [0.25, 0.3) is 0 Å². The predicted molar refractivity (Wildman–Crippen MR) is 129 cm³/mol. The highest BCUT2D eigenvalue weighted by Gasteiger charge is 2.74. The number of carbonyl (C=O) groups excluding carboxylic acids is 4. The Balaban J connectivity index is 1.56. The maximum Gasteiger partial charge on any atom is 0.241 e. The second-order valence-electron chi connectivity index (χ2n) is 8.99. The van der Waals surface area contributed by atoms with E-state index in [9.17, 15) is 19.2 Å². The molecule has 3 aromatic rings. The van der Waals surface area contributed by atoms with Crippen molar-refractivity contribution in [3.63, 3.8) is 0 Å². The molecule has 6 nitrogen and oxygen atoms in total. The van der Waals surface area contributed by atoms with Gasteiger partial charge in [-0.1, -0.05) is 71.2 Å². The maximum atomic E-state index is 13.9. The van der Waals surface area contributed by atoms with E-state index < -0.39 is 46.9 Å². The van der Waals surface area contributed by atoms with Crippen LogP contribution in [0.2, 0.25) is 10.0 Å². The molecule has 2 fully saturated rings. The number of ketones is 2. The Hall–Kier alpha value is -3.32. The minimum Gasteiger partial charge on any atom is -0.349 e. The zero-order valence-electron chi connectivity index (χ0n) is 18.3. The molecular formula is C27H17Cl2NO5. The number of fused-ring (bicyclic) bond motifs is 3. The van der Waals surface area contributed by atoms with E-state index in [0.717, 1.165) is 10.5 Å². The molecule has 0 saturated carbocycles. The van der Waals surface area contributed by atoms with Gasteiger partial charge in [-0.3, -0.25) is 19.2 Å². The molecule has 3 aromatic carbocycles. The first kappa shape index (κ1) is 22.2. The van der Waals surface area contributed by atoms with Gasteiger partial charge in [-0.2, -0.15) is 0 Å². The van der Waals surface area contributed by atoms with Crippen molar-refractivity contribution in [3.05, 3.63) is 99.0 Å². The van der Waals surface area contributed by atoms with Crippen LogP contribution in [0.5, 0.6) is 0 Å². The van der Waals surface area contributed by atoms with Crippen molar-refractivity contribution in [2.45, 2.75) is 18.6 Å². The first-order valence-corrected chi connectivity index (χ1v) is 11.8. The molecule has 1 aliphatic carbocycles. The quantitative estimate of drug-likeness (QED) is 0.361. The zero-order chi connectivity index (χ0) is 24.6. The molecule has 35 heavy (non-hydrogen) atoms. The summed E-state index contributed by atoms with van der Waals surface area (Å²) >= 11 is 12.5. The lowest BCUT2D eigenvalue weighted by Crippen LogP contribution is -2.51. The average Bonchev–Trinajstić information content (AvgIpc) is 3.40. The first-order valence-electron chi connectivity index (χ1n) is 11.0. The summed E-state index contributed by atoms with van der Waals surface area (Å²) in [4.78, 5) is 56.2. The standard InChI is InChI=1S/C27H17Cl2NO5/c1-13-6-9-15(10-7-13)30-25(33)20-21(26(30)34)27(23(31)16-4-2-3-5-17(16)24(27)32)35-22(20)18-11-8-14(28)12-19(18)29/h2-12,20-22H,1H3/t20-,21-,22+/m0/s1. The molecule has 0 aromatic heterocycles. The number of amides is 2. The molecule has 2 aliphatic heterocycles. The van der Waals surface area contributed by atoms with Crippen molar-refractivity contribution in [2.75, 3.05) is 4.90 Å². The van der Waals surface area contributed by atoms with Crippen molar-refractivity contribution in [1.29, 1.82) is 0 Å². The lowest BCUT2D eigenvalue weighted by molar-refractivity contribution is -0.127. The number of hydrogen-bond donors (Lipinski definition) is 0.